The van der Waals surface area contributed by atoms with Gasteiger partial charge in [-0.2, -0.15) is 4.98 Å². The normalized spacial score (nSPS) is 14.7. The van der Waals surface area contributed by atoms with E-state index in [2.05, 4.69) is 25.2 Å². The highest BCUT2D eigenvalue weighted by Crippen LogP contribution is 2.23. The van der Waals surface area contributed by atoms with E-state index in [1.807, 2.05) is 0 Å². The molecular weight excluding hydrogens is 478 g/mol. The van der Waals surface area contributed by atoms with E-state index >= 15 is 0 Å². The molecule has 1 aliphatic rings. The van der Waals surface area contributed by atoms with Crippen LogP contribution >= 0.6 is 0 Å². The van der Waals surface area contributed by atoms with Crippen molar-refractivity contribution in [3.63, 3.8) is 0 Å². The number of hydrogen-bond acceptors (Lipinski definition) is 10. The number of rotatable bonds is 9. The van der Waals surface area contributed by atoms with Crippen LogP contribution in [0.4, 0.5) is 5.69 Å². The minimum atomic E-state index is -3.64. The molecule has 0 radical (unpaired) electrons. The third-order valence-corrected chi connectivity index (χ3v) is 6.21. The number of methoxy groups -OCH3 is 1. The van der Waals surface area contributed by atoms with E-state index in [0.717, 1.165) is 0 Å². The molecule has 13 heteroatoms. The molecule has 0 saturated heterocycles. The van der Waals surface area contributed by atoms with Gasteiger partial charge in [0.25, 0.3) is 15.9 Å². The summed E-state index contributed by atoms with van der Waals surface area (Å²) in [4.78, 5) is 32.6. The highest BCUT2D eigenvalue weighted by Gasteiger charge is 2.30. The first-order valence-electron chi connectivity index (χ1n) is 10.4. The molecule has 0 unspecified atom stereocenters. The SMILES string of the molecule is COc1ccccc1NC(=O)Cc1noc(COC(=O)CCN=C2NS(=O)(=O)c3ccccc32)n1. The average molecular weight is 500 g/mol. The van der Waals surface area contributed by atoms with Gasteiger partial charge in [0.1, 0.15) is 11.6 Å². The number of para-hydroxylation sites is 2. The molecule has 35 heavy (non-hydrogen) atoms. The Hall–Kier alpha value is -4.26. The van der Waals surface area contributed by atoms with Gasteiger partial charge >= 0.3 is 5.97 Å². The van der Waals surface area contributed by atoms with Crippen molar-refractivity contribution in [2.45, 2.75) is 24.3 Å². The van der Waals surface area contributed by atoms with Gasteiger partial charge in [-0.25, -0.2) is 8.42 Å². The van der Waals surface area contributed by atoms with Crippen molar-refractivity contribution in [3.8, 4) is 5.75 Å². The lowest BCUT2D eigenvalue weighted by Gasteiger charge is -2.08. The second kappa shape index (κ2) is 10.3. The summed E-state index contributed by atoms with van der Waals surface area (Å²) in [6.07, 6.45) is -0.236. The highest BCUT2D eigenvalue weighted by molar-refractivity contribution is 7.90. The zero-order chi connectivity index (χ0) is 24.8. The number of carbonyl (C=O) groups excluding carboxylic acids is 2. The molecule has 3 aromatic rings. The highest BCUT2D eigenvalue weighted by atomic mass is 32.2. The van der Waals surface area contributed by atoms with Crippen LogP contribution in [0.5, 0.6) is 5.75 Å². The van der Waals surface area contributed by atoms with Crippen molar-refractivity contribution in [3.05, 3.63) is 65.8 Å². The van der Waals surface area contributed by atoms with Gasteiger partial charge in [-0.15, -0.1) is 0 Å². The summed E-state index contributed by atoms with van der Waals surface area (Å²) in [5.74, 6) is -0.105. The molecule has 0 spiro atoms. The molecule has 0 bridgehead atoms. The summed E-state index contributed by atoms with van der Waals surface area (Å²) in [7, 11) is -2.14. The van der Waals surface area contributed by atoms with Crippen LogP contribution in [0.15, 0.2) is 62.9 Å². The number of hydrogen-bond donors (Lipinski definition) is 2. The summed E-state index contributed by atoms with van der Waals surface area (Å²) < 4.78 is 41.8. The van der Waals surface area contributed by atoms with E-state index in [1.165, 1.54) is 13.2 Å². The van der Waals surface area contributed by atoms with Crippen molar-refractivity contribution >= 4 is 33.4 Å². The van der Waals surface area contributed by atoms with Crippen LogP contribution in [0, 0.1) is 0 Å². The number of carbonyl (C=O) groups is 2. The molecule has 0 atom stereocenters. The number of esters is 1. The second-order valence-corrected chi connectivity index (χ2v) is 8.92. The van der Waals surface area contributed by atoms with E-state index < -0.39 is 16.0 Å². The summed E-state index contributed by atoms with van der Waals surface area (Å²) in [5.41, 5.74) is 0.962. The van der Waals surface area contributed by atoms with Gasteiger partial charge in [0.2, 0.25) is 5.91 Å². The molecular formula is C22H21N5O7S. The molecule has 0 aliphatic carbocycles. The number of nitrogens with one attached hydrogen (secondary N) is 2. The van der Waals surface area contributed by atoms with E-state index in [0.29, 0.717) is 17.0 Å². The summed E-state index contributed by atoms with van der Waals surface area (Å²) >= 11 is 0. The van der Waals surface area contributed by atoms with Crippen molar-refractivity contribution in [2.75, 3.05) is 19.0 Å². The van der Waals surface area contributed by atoms with Crippen molar-refractivity contribution < 1.29 is 32.0 Å². The number of benzene rings is 2. The Labute approximate surface area is 200 Å². The van der Waals surface area contributed by atoms with Crippen molar-refractivity contribution in [2.24, 2.45) is 4.99 Å². The van der Waals surface area contributed by atoms with Gasteiger partial charge in [-0.05, 0) is 24.3 Å². The fraction of sp³-hybridized carbons (Fsp3) is 0.227. The summed E-state index contributed by atoms with van der Waals surface area (Å²) in [6, 6.07) is 13.4. The molecule has 1 aromatic heterocycles. The number of aromatic nitrogens is 2. The minimum Gasteiger partial charge on any atom is -0.495 e. The molecule has 2 heterocycles. The van der Waals surface area contributed by atoms with E-state index in [4.69, 9.17) is 14.0 Å². The lowest BCUT2D eigenvalue weighted by Crippen LogP contribution is -2.22. The van der Waals surface area contributed by atoms with Gasteiger partial charge in [0.15, 0.2) is 12.4 Å². The zero-order valence-corrected chi connectivity index (χ0v) is 19.4. The maximum absolute atomic E-state index is 12.2. The van der Waals surface area contributed by atoms with Crippen LogP contribution in [0.25, 0.3) is 0 Å². The molecule has 0 fully saturated rings. The van der Waals surface area contributed by atoms with Crippen LogP contribution in [0.3, 0.4) is 0 Å². The lowest BCUT2D eigenvalue weighted by molar-refractivity contribution is -0.145. The van der Waals surface area contributed by atoms with Gasteiger partial charge in [0, 0.05) is 5.56 Å². The number of ether oxygens (including phenoxy) is 2. The molecule has 1 amide bonds. The second-order valence-electron chi connectivity index (χ2n) is 7.27. The van der Waals surface area contributed by atoms with Gasteiger partial charge in [-0.1, -0.05) is 29.4 Å². The van der Waals surface area contributed by atoms with E-state index in [1.54, 1.807) is 42.5 Å². The fourth-order valence-electron chi connectivity index (χ4n) is 3.23. The first-order valence-corrected chi connectivity index (χ1v) is 11.9. The monoisotopic (exact) mass is 499 g/mol. The molecule has 4 rings (SSSR count). The third kappa shape index (κ3) is 5.81. The van der Waals surface area contributed by atoms with Gasteiger partial charge in [-0.3, -0.25) is 19.3 Å². The molecule has 2 aromatic carbocycles. The summed E-state index contributed by atoms with van der Waals surface area (Å²) in [6.45, 7) is -0.255. The topological polar surface area (TPSA) is 162 Å². The van der Waals surface area contributed by atoms with Crippen LogP contribution < -0.4 is 14.8 Å². The quantitative estimate of drug-likeness (QED) is 0.415. The Morgan fingerprint density at radius 3 is 2.74 bits per heavy atom. The molecule has 182 valence electrons. The number of fused-ring (bicyclic) bond motifs is 1. The van der Waals surface area contributed by atoms with E-state index in [9.17, 15) is 18.0 Å². The Kier molecular flexibility index (Phi) is 7.06. The molecule has 12 nitrogen and oxygen atoms in total. The number of amidine groups is 1. The van der Waals surface area contributed by atoms with Crippen molar-refractivity contribution in [1.82, 2.24) is 14.9 Å². The van der Waals surface area contributed by atoms with Gasteiger partial charge in [0.05, 0.1) is 37.1 Å². The average Bonchev–Trinajstić information content (AvgIpc) is 3.39. The predicted octanol–water partition coefficient (Wildman–Crippen LogP) is 1.43. The Bertz CT molecular complexity index is 1380. The predicted molar refractivity (Wildman–Crippen MR) is 122 cm³/mol. The van der Waals surface area contributed by atoms with Crippen LogP contribution in [-0.4, -0.2) is 49.9 Å². The number of sulfonamides is 1. The maximum Gasteiger partial charge on any atom is 0.308 e. The van der Waals surface area contributed by atoms with Crippen molar-refractivity contribution in [1.29, 1.82) is 0 Å². The zero-order valence-electron chi connectivity index (χ0n) is 18.6. The minimum absolute atomic E-state index is 0.0171. The molecule has 2 N–H and O–H groups in total. The Balaban J connectivity index is 1.24. The van der Waals surface area contributed by atoms with Crippen LogP contribution in [-0.2, 0) is 37.4 Å². The van der Waals surface area contributed by atoms with Crippen LogP contribution in [0.1, 0.15) is 23.7 Å². The number of aliphatic imine (C=N–C) groups is 1. The first-order chi connectivity index (χ1) is 16.9. The first kappa shape index (κ1) is 23.9. The lowest BCUT2D eigenvalue weighted by atomic mass is 10.2. The molecule has 0 saturated carbocycles. The standard InChI is InChI=1S/C22H21N5O7S/c1-32-16-8-4-3-7-15(16)24-19(28)12-18-25-20(34-26-18)13-33-21(29)10-11-23-22-14-6-2-5-9-17(14)35(30,31)27-22/h2-9H,10-13H2,1H3,(H,23,27)(H,24,28). The summed E-state index contributed by atoms with van der Waals surface area (Å²) in [5, 5.41) is 6.41. The van der Waals surface area contributed by atoms with E-state index in [-0.39, 0.29) is 54.3 Å². The van der Waals surface area contributed by atoms with Gasteiger partial charge < -0.3 is 19.3 Å². The maximum atomic E-state index is 12.2. The number of amides is 1. The number of nitrogens with zero attached hydrogens (tertiary/aromatic N) is 3. The molecule has 1 aliphatic heterocycles. The van der Waals surface area contributed by atoms with Crippen LogP contribution in [0.2, 0.25) is 0 Å². The fourth-order valence-corrected chi connectivity index (χ4v) is 4.48. The number of anilines is 1. The largest absolute Gasteiger partial charge is 0.495 e. The third-order valence-electron chi connectivity index (χ3n) is 4.82. The Morgan fingerprint density at radius 1 is 1.14 bits per heavy atom. The smallest absolute Gasteiger partial charge is 0.308 e. The Morgan fingerprint density at radius 2 is 1.91 bits per heavy atom.